The molecule has 3 nitrogen and oxygen atoms in total. The molecule has 0 heterocycles. The fourth-order valence-corrected chi connectivity index (χ4v) is 2.10. The van der Waals surface area contributed by atoms with Crippen LogP contribution in [0.5, 0.6) is 0 Å². The largest absolute Gasteiger partial charge is 0.479 e. The first-order valence-electron chi connectivity index (χ1n) is 6.22. The maximum Gasteiger partial charge on any atom is 0.337 e. The van der Waals surface area contributed by atoms with Crippen LogP contribution in [0.15, 0.2) is 48.5 Å². The summed E-state index contributed by atoms with van der Waals surface area (Å²) in [7, 11) is 0. The van der Waals surface area contributed by atoms with Gasteiger partial charge in [0.05, 0.1) is 0 Å². The number of hydrogen-bond donors (Lipinski definition) is 2. The van der Waals surface area contributed by atoms with Gasteiger partial charge >= 0.3 is 5.97 Å². The van der Waals surface area contributed by atoms with Crippen LogP contribution in [0.3, 0.4) is 0 Å². The Hall–Kier alpha value is -2.13. The molecule has 0 fully saturated rings. The lowest BCUT2D eigenvalue weighted by molar-refractivity contribution is -0.146. The molecule has 0 saturated carbocycles. The van der Waals surface area contributed by atoms with Crippen molar-refractivity contribution in [2.45, 2.75) is 19.4 Å². The van der Waals surface area contributed by atoms with Gasteiger partial charge in [-0.15, -0.1) is 0 Å². The van der Waals surface area contributed by atoms with Crippen molar-refractivity contribution < 1.29 is 15.0 Å². The molecular weight excluding hydrogens is 240 g/mol. The zero-order valence-electron chi connectivity index (χ0n) is 10.7. The minimum absolute atomic E-state index is 0.406. The molecule has 0 aliphatic heterocycles. The number of aryl methyl sites for hydroxylation is 1. The van der Waals surface area contributed by atoms with Gasteiger partial charge in [-0.1, -0.05) is 49.4 Å². The maximum atomic E-state index is 10.9. The van der Waals surface area contributed by atoms with Crippen molar-refractivity contribution in [1.82, 2.24) is 0 Å². The van der Waals surface area contributed by atoms with E-state index in [2.05, 4.69) is 6.92 Å². The van der Waals surface area contributed by atoms with Crippen molar-refractivity contribution in [3.8, 4) is 11.1 Å². The topological polar surface area (TPSA) is 57.5 Å². The molecule has 0 aromatic heterocycles. The first-order valence-corrected chi connectivity index (χ1v) is 6.22. The van der Waals surface area contributed by atoms with Crippen molar-refractivity contribution in [2.75, 3.05) is 0 Å². The van der Waals surface area contributed by atoms with Crippen molar-refractivity contribution in [1.29, 1.82) is 0 Å². The SMILES string of the molecule is CCc1ccc(C(O)C(=O)O)cc1-c1ccccc1. The summed E-state index contributed by atoms with van der Waals surface area (Å²) in [5, 5.41) is 18.5. The van der Waals surface area contributed by atoms with Gasteiger partial charge in [-0.3, -0.25) is 0 Å². The van der Waals surface area contributed by atoms with Crippen molar-refractivity contribution >= 4 is 5.97 Å². The Labute approximate surface area is 112 Å². The molecule has 3 heteroatoms. The second kappa shape index (κ2) is 5.67. The van der Waals surface area contributed by atoms with Gasteiger partial charge in [0.15, 0.2) is 6.10 Å². The van der Waals surface area contributed by atoms with Crippen LogP contribution in [0.1, 0.15) is 24.2 Å². The number of aliphatic carboxylic acids is 1. The zero-order valence-corrected chi connectivity index (χ0v) is 10.7. The van der Waals surface area contributed by atoms with Crippen LogP contribution in [0.4, 0.5) is 0 Å². The summed E-state index contributed by atoms with van der Waals surface area (Å²) in [5.41, 5.74) is 3.54. The average Bonchev–Trinajstić information content (AvgIpc) is 2.46. The monoisotopic (exact) mass is 256 g/mol. The molecular formula is C16H16O3. The molecule has 0 amide bonds. The Balaban J connectivity index is 2.52. The third-order valence-corrected chi connectivity index (χ3v) is 3.15. The van der Waals surface area contributed by atoms with E-state index < -0.39 is 12.1 Å². The Morgan fingerprint density at radius 2 is 1.84 bits per heavy atom. The zero-order chi connectivity index (χ0) is 13.8. The normalized spacial score (nSPS) is 12.1. The third kappa shape index (κ3) is 2.83. The Morgan fingerprint density at radius 1 is 1.16 bits per heavy atom. The van der Waals surface area contributed by atoms with E-state index in [9.17, 15) is 9.90 Å². The highest BCUT2D eigenvalue weighted by Gasteiger charge is 2.17. The summed E-state index contributed by atoms with van der Waals surface area (Å²) in [4.78, 5) is 10.9. The molecule has 0 bridgehead atoms. The number of benzene rings is 2. The number of aliphatic hydroxyl groups excluding tert-OH is 1. The molecule has 0 spiro atoms. The predicted octanol–water partition coefficient (Wildman–Crippen LogP) is 3.03. The quantitative estimate of drug-likeness (QED) is 0.884. The molecule has 2 N–H and O–H groups in total. The Bertz CT molecular complexity index is 576. The fourth-order valence-electron chi connectivity index (χ4n) is 2.10. The average molecular weight is 256 g/mol. The van der Waals surface area contributed by atoms with E-state index in [0.717, 1.165) is 23.1 Å². The van der Waals surface area contributed by atoms with Gasteiger partial charge in [0.2, 0.25) is 0 Å². The summed E-state index contributed by atoms with van der Waals surface area (Å²) in [6.45, 7) is 2.05. The van der Waals surface area contributed by atoms with Gasteiger partial charge in [0.1, 0.15) is 0 Å². The second-order valence-electron chi connectivity index (χ2n) is 4.38. The fraction of sp³-hybridized carbons (Fsp3) is 0.188. The van der Waals surface area contributed by atoms with E-state index in [-0.39, 0.29) is 0 Å². The molecule has 0 aliphatic carbocycles. The van der Waals surface area contributed by atoms with Crippen LogP contribution in [0, 0.1) is 0 Å². The van der Waals surface area contributed by atoms with E-state index in [1.807, 2.05) is 36.4 Å². The van der Waals surface area contributed by atoms with Gasteiger partial charge in [0.25, 0.3) is 0 Å². The standard InChI is InChI=1S/C16H16O3/c1-2-11-8-9-13(15(17)16(18)19)10-14(11)12-6-4-3-5-7-12/h3-10,15,17H,2H2,1H3,(H,18,19). The highest BCUT2D eigenvalue weighted by atomic mass is 16.4. The Kier molecular flexibility index (Phi) is 3.97. The number of rotatable bonds is 4. The first-order chi connectivity index (χ1) is 9.13. The lowest BCUT2D eigenvalue weighted by Crippen LogP contribution is -2.10. The van der Waals surface area contributed by atoms with Crippen LogP contribution in [-0.4, -0.2) is 16.2 Å². The van der Waals surface area contributed by atoms with Crippen LogP contribution in [0.25, 0.3) is 11.1 Å². The van der Waals surface area contributed by atoms with E-state index in [1.54, 1.807) is 12.1 Å². The smallest absolute Gasteiger partial charge is 0.337 e. The number of carboxylic acid groups (broad SMARTS) is 1. The minimum Gasteiger partial charge on any atom is -0.479 e. The highest BCUT2D eigenvalue weighted by molar-refractivity contribution is 5.76. The van der Waals surface area contributed by atoms with Gasteiger partial charge in [0, 0.05) is 0 Å². The van der Waals surface area contributed by atoms with Gasteiger partial charge < -0.3 is 10.2 Å². The molecule has 19 heavy (non-hydrogen) atoms. The van der Waals surface area contributed by atoms with Crippen LogP contribution < -0.4 is 0 Å². The predicted molar refractivity (Wildman–Crippen MR) is 73.9 cm³/mol. The number of aliphatic hydroxyl groups is 1. The van der Waals surface area contributed by atoms with E-state index in [1.165, 1.54) is 0 Å². The van der Waals surface area contributed by atoms with Crippen molar-refractivity contribution in [3.63, 3.8) is 0 Å². The summed E-state index contributed by atoms with van der Waals surface area (Å²) >= 11 is 0. The van der Waals surface area contributed by atoms with E-state index in [0.29, 0.717) is 5.56 Å². The Morgan fingerprint density at radius 3 is 2.42 bits per heavy atom. The first kappa shape index (κ1) is 13.3. The van der Waals surface area contributed by atoms with Gasteiger partial charge in [-0.05, 0) is 34.7 Å². The van der Waals surface area contributed by atoms with Gasteiger partial charge in [-0.2, -0.15) is 0 Å². The maximum absolute atomic E-state index is 10.9. The molecule has 0 radical (unpaired) electrons. The molecule has 1 atom stereocenters. The van der Waals surface area contributed by atoms with E-state index in [4.69, 9.17) is 5.11 Å². The molecule has 2 rings (SSSR count). The van der Waals surface area contributed by atoms with E-state index >= 15 is 0 Å². The molecule has 98 valence electrons. The van der Waals surface area contributed by atoms with Gasteiger partial charge in [-0.25, -0.2) is 4.79 Å². The van der Waals surface area contributed by atoms with Crippen LogP contribution in [-0.2, 0) is 11.2 Å². The lowest BCUT2D eigenvalue weighted by atomic mass is 9.94. The number of carbonyl (C=O) groups is 1. The third-order valence-electron chi connectivity index (χ3n) is 3.15. The summed E-state index contributed by atoms with van der Waals surface area (Å²) in [6.07, 6.45) is -0.624. The van der Waals surface area contributed by atoms with Crippen LogP contribution >= 0.6 is 0 Å². The van der Waals surface area contributed by atoms with Crippen molar-refractivity contribution in [3.05, 3.63) is 59.7 Å². The lowest BCUT2D eigenvalue weighted by Gasteiger charge is -2.12. The van der Waals surface area contributed by atoms with Crippen LogP contribution in [0.2, 0.25) is 0 Å². The summed E-state index contributed by atoms with van der Waals surface area (Å²) in [6, 6.07) is 15.1. The number of carboxylic acids is 1. The second-order valence-corrected chi connectivity index (χ2v) is 4.38. The highest BCUT2D eigenvalue weighted by Crippen LogP contribution is 2.27. The summed E-state index contributed by atoms with van der Waals surface area (Å²) < 4.78 is 0. The molecule has 2 aromatic carbocycles. The molecule has 2 aromatic rings. The summed E-state index contributed by atoms with van der Waals surface area (Å²) in [5.74, 6) is -1.23. The van der Waals surface area contributed by atoms with Crippen molar-refractivity contribution in [2.24, 2.45) is 0 Å². The number of hydrogen-bond acceptors (Lipinski definition) is 2. The molecule has 1 unspecified atom stereocenters. The molecule has 0 saturated heterocycles. The molecule has 0 aliphatic rings. The minimum atomic E-state index is -1.48.